The monoisotopic (exact) mass is 408 g/mol. The summed E-state index contributed by atoms with van der Waals surface area (Å²) in [6.07, 6.45) is 3.17. The molecule has 1 aromatic heterocycles. The van der Waals surface area contributed by atoms with Crippen molar-refractivity contribution >= 4 is 17.7 Å². The van der Waals surface area contributed by atoms with Crippen molar-refractivity contribution in [3.05, 3.63) is 59.7 Å². The van der Waals surface area contributed by atoms with Crippen LogP contribution >= 0.6 is 11.8 Å². The molecule has 0 fully saturated rings. The summed E-state index contributed by atoms with van der Waals surface area (Å²) in [5.74, 6) is 1.89. The SMILES string of the molecule is COc1ccc(-c2nnc(SCC(=O)N[C@H]3CCCc4ccccc43)n2C)cc1. The third-order valence-corrected chi connectivity index (χ3v) is 6.24. The summed E-state index contributed by atoms with van der Waals surface area (Å²) in [6, 6.07) is 16.2. The average Bonchev–Trinajstić information content (AvgIpc) is 3.13. The van der Waals surface area contributed by atoms with Crippen molar-refractivity contribution in [2.24, 2.45) is 7.05 Å². The van der Waals surface area contributed by atoms with Gasteiger partial charge in [0.2, 0.25) is 5.91 Å². The molecule has 0 saturated carbocycles. The molecule has 0 aliphatic heterocycles. The molecule has 1 aliphatic rings. The minimum Gasteiger partial charge on any atom is -0.497 e. The van der Waals surface area contributed by atoms with Crippen molar-refractivity contribution in [2.45, 2.75) is 30.5 Å². The van der Waals surface area contributed by atoms with E-state index in [4.69, 9.17) is 4.74 Å². The molecular weight excluding hydrogens is 384 g/mol. The number of aryl methyl sites for hydroxylation is 1. The Bertz CT molecular complexity index is 1000. The first-order chi connectivity index (χ1) is 14.2. The highest BCUT2D eigenvalue weighted by molar-refractivity contribution is 7.99. The Hall–Kier alpha value is -2.80. The quantitative estimate of drug-likeness (QED) is 0.629. The van der Waals surface area contributed by atoms with E-state index in [-0.39, 0.29) is 11.9 Å². The molecule has 3 aromatic rings. The summed E-state index contributed by atoms with van der Waals surface area (Å²) in [5.41, 5.74) is 3.54. The fourth-order valence-corrected chi connectivity index (χ4v) is 4.42. The molecule has 7 heteroatoms. The maximum absolute atomic E-state index is 12.5. The van der Waals surface area contributed by atoms with Gasteiger partial charge in [-0.2, -0.15) is 0 Å². The fraction of sp³-hybridized carbons (Fsp3) is 0.318. The van der Waals surface area contributed by atoms with Crippen molar-refractivity contribution < 1.29 is 9.53 Å². The Morgan fingerprint density at radius 1 is 1.21 bits per heavy atom. The van der Waals surface area contributed by atoms with Gasteiger partial charge in [0.1, 0.15) is 5.75 Å². The highest BCUT2D eigenvalue weighted by atomic mass is 32.2. The molecule has 1 heterocycles. The first-order valence-electron chi connectivity index (χ1n) is 9.69. The van der Waals surface area contributed by atoms with E-state index in [1.54, 1.807) is 7.11 Å². The number of nitrogens with one attached hydrogen (secondary N) is 1. The molecule has 0 unspecified atom stereocenters. The molecular formula is C22H24N4O2S. The molecule has 150 valence electrons. The highest BCUT2D eigenvalue weighted by Gasteiger charge is 2.21. The second kappa shape index (κ2) is 8.69. The van der Waals surface area contributed by atoms with Gasteiger partial charge in [0.25, 0.3) is 0 Å². The number of carbonyl (C=O) groups is 1. The Labute approximate surface area is 174 Å². The number of nitrogens with zero attached hydrogens (tertiary/aromatic N) is 3. The molecule has 0 spiro atoms. The van der Waals surface area contributed by atoms with Gasteiger partial charge in [-0.15, -0.1) is 10.2 Å². The molecule has 6 nitrogen and oxygen atoms in total. The zero-order valence-corrected chi connectivity index (χ0v) is 17.4. The van der Waals surface area contributed by atoms with E-state index < -0.39 is 0 Å². The number of hydrogen-bond donors (Lipinski definition) is 1. The minimum absolute atomic E-state index is 0.0192. The number of amides is 1. The largest absolute Gasteiger partial charge is 0.497 e. The topological polar surface area (TPSA) is 69.0 Å². The smallest absolute Gasteiger partial charge is 0.230 e. The van der Waals surface area contributed by atoms with Gasteiger partial charge >= 0.3 is 0 Å². The highest BCUT2D eigenvalue weighted by Crippen LogP contribution is 2.30. The van der Waals surface area contributed by atoms with E-state index in [0.717, 1.165) is 41.6 Å². The van der Waals surface area contributed by atoms with Crippen molar-refractivity contribution in [3.63, 3.8) is 0 Å². The van der Waals surface area contributed by atoms with Crippen LogP contribution in [-0.2, 0) is 18.3 Å². The number of aromatic nitrogens is 3. The van der Waals surface area contributed by atoms with E-state index in [9.17, 15) is 4.79 Å². The van der Waals surface area contributed by atoms with E-state index in [1.807, 2.05) is 41.9 Å². The number of benzene rings is 2. The molecule has 0 radical (unpaired) electrons. The summed E-state index contributed by atoms with van der Waals surface area (Å²) in [6.45, 7) is 0. The Kier molecular flexibility index (Phi) is 5.85. The summed E-state index contributed by atoms with van der Waals surface area (Å²) >= 11 is 1.40. The van der Waals surface area contributed by atoms with Gasteiger partial charge < -0.3 is 14.6 Å². The summed E-state index contributed by atoms with van der Waals surface area (Å²) in [7, 11) is 3.56. The maximum Gasteiger partial charge on any atom is 0.230 e. The number of hydrogen-bond acceptors (Lipinski definition) is 5. The van der Waals surface area contributed by atoms with Gasteiger partial charge in [-0.3, -0.25) is 4.79 Å². The van der Waals surface area contributed by atoms with Crippen LogP contribution in [-0.4, -0.2) is 33.5 Å². The lowest BCUT2D eigenvalue weighted by atomic mass is 9.88. The summed E-state index contributed by atoms with van der Waals surface area (Å²) in [4.78, 5) is 12.5. The number of ether oxygens (including phenoxy) is 1. The molecule has 0 bridgehead atoms. The van der Waals surface area contributed by atoms with Gasteiger partial charge in [-0.25, -0.2) is 0 Å². The van der Waals surface area contributed by atoms with Crippen LogP contribution < -0.4 is 10.1 Å². The van der Waals surface area contributed by atoms with E-state index in [1.165, 1.54) is 22.9 Å². The molecule has 1 amide bonds. The van der Waals surface area contributed by atoms with E-state index in [2.05, 4.69) is 33.7 Å². The number of thioether (sulfide) groups is 1. The van der Waals surface area contributed by atoms with Gasteiger partial charge in [0.15, 0.2) is 11.0 Å². The van der Waals surface area contributed by atoms with Crippen LogP contribution in [0.15, 0.2) is 53.7 Å². The van der Waals surface area contributed by atoms with Gasteiger partial charge in [-0.1, -0.05) is 36.0 Å². The second-order valence-corrected chi connectivity index (χ2v) is 8.04. The Morgan fingerprint density at radius 3 is 2.79 bits per heavy atom. The minimum atomic E-state index is 0.0192. The van der Waals surface area contributed by atoms with Gasteiger partial charge in [0.05, 0.1) is 18.9 Å². The lowest BCUT2D eigenvalue weighted by molar-refractivity contribution is -0.119. The van der Waals surface area contributed by atoms with E-state index >= 15 is 0 Å². The molecule has 1 atom stereocenters. The lowest BCUT2D eigenvalue weighted by Crippen LogP contribution is -2.32. The predicted molar refractivity (Wildman–Crippen MR) is 114 cm³/mol. The molecule has 2 aromatic carbocycles. The van der Waals surface area contributed by atoms with Crippen LogP contribution in [0.2, 0.25) is 0 Å². The van der Waals surface area contributed by atoms with Crippen LogP contribution in [0.1, 0.15) is 30.0 Å². The number of fused-ring (bicyclic) bond motifs is 1. The Balaban J connectivity index is 1.38. The average molecular weight is 409 g/mol. The third kappa shape index (κ3) is 4.29. The maximum atomic E-state index is 12.5. The molecule has 4 rings (SSSR count). The van der Waals surface area contributed by atoms with Crippen LogP contribution in [0.4, 0.5) is 0 Å². The van der Waals surface area contributed by atoms with Crippen molar-refractivity contribution in [2.75, 3.05) is 12.9 Å². The third-order valence-electron chi connectivity index (χ3n) is 5.22. The zero-order valence-electron chi connectivity index (χ0n) is 16.6. The Morgan fingerprint density at radius 2 is 2.00 bits per heavy atom. The number of carbonyl (C=O) groups excluding carboxylic acids is 1. The normalized spacial score (nSPS) is 15.6. The van der Waals surface area contributed by atoms with Crippen LogP contribution in [0.5, 0.6) is 5.75 Å². The van der Waals surface area contributed by atoms with E-state index in [0.29, 0.717) is 5.75 Å². The first-order valence-corrected chi connectivity index (χ1v) is 10.7. The molecule has 1 aliphatic carbocycles. The summed E-state index contributed by atoms with van der Waals surface area (Å²) in [5, 5.41) is 12.4. The van der Waals surface area contributed by atoms with Gasteiger partial charge in [0, 0.05) is 12.6 Å². The lowest BCUT2D eigenvalue weighted by Gasteiger charge is -2.26. The van der Waals surface area contributed by atoms with Crippen molar-refractivity contribution in [1.29, 1.82) is 0 Å². The zero-order chi connectivity index (χ0) is 20.2. The number of rotatable bonds is 6. The molecule has 29 heavy (non-hydrogen) atoms. The van der Waals surface area contributed by atoms with Gasteiger partial charge in [-0.05, 0) is 54.7 Å². The fourth-order valence-electron chi connectivity index (χ4n) is 3.70. The number of methoxy groups -OCH3 is 1. The first kappa shape index (κ1) is 19.5. The molecule has 1 N–H and O–H groups in total. The van der Waals surface area contributed by atoms with Crippen LogP contribution in [0, 0.1) is 0 Å². The molecule has 0 saturated heterocycles. The standard InChI is InChI=1S/C22H24N4O2S/c1-26-21(16-10-12-17(28-2)13-11-16)24-25-22(26)29-14-20(27)23-19-9-5-7-15-6-3-4-8-18(15)19/h3-4,6,8,10-13,19H,5,7,9,14H2,1-2H3,(H,23,27)/t19-/m0/s1. The summed E-state index contributed by atoms with van der Waals surface area (Å²) < 4.78 is 7.11. The van der Waals surface area contributed by atoms with Crippen molar-refractivity contribution in [1.82, 2.24) is 20.1 Å². The predicted octanol–water partition coefficient (Wildman–Crippen LogP) is 3.78. The second-order valence-electron chi connectivity index (χ2n) is 7.09. The van der Waals surface area contributed by atoms with Crippen LogP contribution in [0.3, 0.4) is 0 Å². The van der Waals surface area contributed by atoms with Crippen LogP contribution in [0.25, 0.3) is 11.4 Å². The van der Waals surface area contributed by atoms with Crippen molar-refractivity contribution in [3.8, 4) is 17.1 Å².